The van der Waals surface area contributed by atoms with Crippen molar-refractivity contribution < 1.29 is 18.1 Å². The lowest BCUT2D eigenvalue weighted by molar-refractivity contribution is -0.386. The van der Waals surface area contributed by atoms with Gasteiger partial charge in [-0.25, -0.2) is 13.1 Å². The molecule has 0 saturated heterocycles. The summed E-state index contributed by atoms with van der Waals surface area (Å²) in [6, 6.07) is 3.46. The zero-order valence-electron chi connectivity index (χ0n) is 11.5. The van der Waals surface area contributed by atoms with E-state index in [9.17, 15) is 18.5 Å². The molecule has 2 unspecified atom stereocenters. The molecule has 0 aliphatic heterocycles. The Morgan fingerprint density at radius 1 is 1.43 bits per heavy atom. The standard InChI is InChI=1S/C12H17N3O5S/c1-20-10-6-3-5-9(10)14-21(18,19)11-7-2-4-8(13)12(11)15(16)17/h2,4,7,9-10,14H,3,5-6,13H2,1H3. The van der Waals surface area contributed by atoms with Crippen LogP contribution in [0.3, 0.4) is 0 Å². The van der Waals surface area contributed by atoms with Gasteiger partial charge in [-0.2, -0.15) is 0 Å². The van der Waals surface area contributed by atoms with Gasteiger partial charge < -0.3 is 10.5 Å². The summed E-state index contributed by atoms with van der Waals surface area (Å²) in [7, 11) is -2.52. The number of nitro benzene ring substituents is 1. The Hall–Kier alpha value is -1.71. The van der Waals surface area contributed by atoms with Crippen LogP contribution < -0.4 is 10.5 Å². The van der Waals surface area contributed by atoms with E-state index >= 15 is 0 Å². The Balaban J connectivity index is 2.36. The van der Waals surface area contributed by atoms with Crippen LogP contribution in [0.4, 0.5) is 11.4 Å². The smallest absolute Gasteiger partial charge is 0.312 e. The highest BCUT2D eigenvalue weighted by Crippen LogP contribution is 2.31. The third kappa shape index (κ3) is 3.14. The molecule has 9 heteroatoms. The second kappa shape index (κ2) is 5.96. The number of nitrogens with zero attached hydrogens (tertiary/aromatic N) is 1. The molecule has 2 rings (SSSR count). The predicted molar refractivity (Wildman–Crippen MR) is 76.3 cm³/mol. The Morgan fingerprint density at radius 2 is 2.14 bits per heavy atom. The molecule has 1 aromatic carbocycles. The molecule has 0 aromatic heterocycles. The molecule has 0 amide bonds. The minimum Gasteiger partial charge on any atom is -0.393 e. The third-order valence-electron chi connectivity index (χ3n) is 3.56. The number of sulfonamides is 1. The van der Waals surface area contributed by atoms with Crippen LogP contribution in [0.25, 0.3) is 0 Å². The monoisotopic (exact) mass is 315 g/mol. The Bertz CT molecular complexity index is 646. The van der Waals surface area contributed by atoms with Crippen molar-refractivity contribution >= 4 is 21.4 Å². The summed E-state index contributed by atoms with van der Waals surface area (Å²) in [5.74, 6) is 0. The van der Waals surface area contributed by atoms with E-state index in [2.05, 4.69) is 4.72 Å². The van der Waals surface area contributed by atoms with Crippen LogP contribution in [0.5, 0.6) is 0 Å². The van der Waals surface area contributed by atoms with Crippen LogP contribution in [0.2, 0.25) is 0 Å². The number of nitrogens with one attached hydrogen (secondary N) is 1. The molecule has 8 nitrogen and oxygen atoms in total. The number of methoxy groups -OCH3 is 1. The molecule has 0 heterocycles. The van der Waals surface area contributed by atoms with E-state index < -0.39 is 25.5 Å². The van der Waals surface area contributed by atoms with Crippen molar-refractivity contribution in [1.82, 2.24) is 4.72 Å². The number of para-hydroxylation sites is 1. The van der Waals surface area contributed by atoms with E-state index in [1.165, 1.54) is 25.3 Å². The fraction of sp³-hybridized carbons (Fsp3) is 0.500. The highest BCUT2D eigenvalue weighted by molar-refractivity contribution is 7.89. The average molecular weight is 315 g/mol. The van der Waals surface area contributed by atoms with E-state index in [4.69, 9.17) is 10.5 Å². The highest BCUT2D eigenvalue weighted by Gasteiger charge is 2.34. The zero-order chi connectivity index (χ0) is 15.6. The van der Waals surface area contributed by atoms with Gasteiger partial charge in [0.2, 0.25) is 10.0 Å². The molecule has 0 spiro atoms. The van der Waals surface area contributed by atoms with Gasteiger partial charge in [0.05, 0.1) is 11.0 Å². The normalized spacial score (nSPS) is 22.3. The molecular formula is C12H17N3O5S. The lowest BCUT2D eigenvalue weighted by Crippen LogP contribution is -2.40. The molecule has 1 saturated carbocycles. The Labute approximate surface area is 122 Å². The first-order chi connectivity index (χ1) is 9.86. The molecular weight excluding hydrogens is 298 g/mol. The van der Waals surface area contributed by atoms with Crippen LogP contribution in [-0.2, 0) is 14.8 Å². The Morgan fingerprint density at radius 3 is 2.76 bits per heavy atom. The van der Waals surface area contributed by atoms with E-state index in [0.717, 1.165) is 12.8 Å². The van der Waals surface area contributed by atoms with Crippen LogP contribution in [0.15, 0.2) is 23.1 Å². The maximum atomic E-state index is 12.4. The summed E-state index contributed by atoms with van der Waals surface area (Å²) in [6.45, 7) is 0. The molecule has 0 bridgehead atoms. The van der Waals surface area contributed by atoms with Gasteiger partial charge in [0.25, 0.3) is 0 Å². The maximum Gasteiger partial charge on any atom is 0.312 e. The summed E-state index contributed by atoms with van der Waals surface area (Å²) in [6.07, 6.45) is 2.00. The quantitative estimate of drug-likeness (QED) is 0.475. The maximum absolute atomic E-state index is 12.4. The van der Waals surface area contributed by atoms with E-state index in [1.54, 1.807) is 0 Å². The summed E-state index contributed by atoms with van der Waals surface area (Å²) in [4.78, 5) is 9.85. The van der Waals surface area contributed by atoms with Crippen LogP contribution in [-0.4, -0.2) is 32.6 Å². The number of benzene rings is 1. The van der Waals surface area contributed by atoms with Gasteiger partial charge in [0.15, 0.2) is 4.90 Å². The first-order valence-corrected chi connectivity index (χ1v) is 7.93. The first kappa shape index (κ1) is 15.7. The van der Waals surface area contributed by atoms with Crippen molar-refractivity contribution in [3.63, 3.8) is 0 Å². The predicted octanol–water partition coefficient (Wildman–Crippen LogP) is 1.02. The summed E-state index contributed by atoms with van der Waals surface area (Å²) >= 11 is 0. The average Bonchev–Trinajstić information content (AvgIpc) is 2.84. The van der Waals surface area contributed by atoms with Crippen molar-refractivity contribution in [3.05, 3.63) is 28.3 Å². The van der Waals surface area contributed by atoms with Crippen molar-refractivity contribution in [3.8, 4) is 0 Å². The number of anilines is 1. The molecule has 21 heavy (non-hydrogen) atoms. The highest BCUT2D eigenvalue weighted by atomic mass is 32.2. The topological polar surface area (TPSA) is 125 Å². The van der Waals surface area contributed by atoms with Gasteiger partial charge in [-0.05, 0) is 31.4 Å². The molecule has 1 fully saturated rings. The van der Waals surface area contributed by atoms with Crippen molar-refractivity contribution in [2.45, 2.75) is 36.3 Å². The number of hydrogen-bond donors (Lipinski definition) is 2. The second-order valence-electron chi connectivity index (χ2n) is 4.88. The molecule has 116 valence electrons. The lowest BCUT2D eigenvalue weighted by Gasteiger charge is -2.19. The number of ether oxygens (including phenoxy) is 1. The van der Waals surface area contributed by atoms with Gasteiger partial charge in [-0.15, -0.1) is 0 Å². The Kier molecular flexibility index (Phi) is 4.45. The van der Waals surface area contributed by atoms with Gasteiger partial charge in [0, 0.05) is 13.2 Å². The molecule has 2 atom stereocenters. The van der Waals surface area contributed by atoms with Crippen LogP contribution in [0, 0.1) is 10.1 Å². The van der Waals surface area contributed by atoms with Gasteiger partial charge in [0.1, 0.15) is 5.69 Å². The summed E-state index contributed by atoms with van der Waals surface area (Å²) in [5.41, 5.74) is 4.74. The van der Waals surface area contributed by atoms with E-state index in [-0.39, 0.29) is 17.8 Å². The second-order valence-corrected chi connectivity index (χ2v) is 6.57. The fourth-order valence-corrected chi connectivity index (χ4v) is 4.06. The van der Waals surface area contributed by atoms with Gasteiger partial charge in [-0.1, -0.05) is 6.07 Å². The molecule has 1 aliphatic carbocycles. The van der Waals surface area contributed by atoms with Crippen molar-refractivity contribution in [1.29, 1.82) is 0 Å². The lowest BCUT2D eigenvalue weighted by atomic mass is 10.2. The molecule has 3 N–H and O–H groups in total. The number of nitrogens with two attached hydrogens (primary N) is 1. The molecule has 1 aromatic rings. The van der Waals surface area contributed by atoms with E-state index in [1.807, 2.05) is 0 Å². The van der Waals surface area contributed by atoms with Crippen molar-refractivity contribution in [2.75, 3.05) is 12.8 Å². The molecule has 0 radical (unpaired) electrons. The van der Waals surface area contributed by atoms with Gasteiger partial charge in [-0.3, -0.25) is 10.1 Å². The minimum atomic E-state index is -4.04. The largest absolute Gasteiger partial charge is 0.393 e. The van der Waals surface area contributed by atoms with Crippen LogP contribution in [0.1, 0.15) is 19.3 Å². The number of nitrogen functional groups attached to an aromatic ring is 1. The van der Waals surface area contributed by atoms with Gasteiger partial charge >= 0.3 is 5.69 Å². The van der Waals surface area contributed by atoms with E-state index in [0.29, 0.717) is 6.42 Å². The summed E-state index contributed by atoms with van der Waals surface area (Å²) < 4.78 is 32.5. The summed E-state index contributed by atoms with van der Waals surface area (Å²) in [5, 5.41) is 11.1. The minimum absolute atomic E-state index is 0.183. The van der Waals surface area contributed by atoms with Crippen molar-refractivity contribution in [2.24, 2.45) is 0 Å². The SMILES string of the molecule is COC1CCCC1NS(=O)(=O)c1cccc(N)c1[N+](=O)[O-]. The zero-order valence-corrected chi connectivity index (χ0v) is 12.3. The number of hydrogen-bond acceptors (Lipinski definition) is 6. The third-order valence-corrected chi connectivity index (χ3v) is 5.09. The molecule has 1 aliphatic rings. The number of rotatable bonds is 5. The number of nitro groups is 1. The fourth-order valence-electron chi connectivity index (χ4n) is 2.56. The first-order valence-electron chi connectivity index (χ1n) is 6.45. The van der Waals surface area contributed by atoms with Crippen LogP contribution >= 0.6 is 0 Å².